The number of aromatic nitrogens is 4. The zero-order chi connectivity index (χ0) is 16.5. The van der Waals surface area contributed by atoms with Gasteiger partial charge in [0.15, 0.2) is 5.13 Å². The van der Waals surface area contributed by atoms with Gasteiger partial charge in [0.05, 0.1) is 11.2 Å². The molecule has 3 heterocycles. The molecule has 4 rings (SSSR count). The summed E-state index contributed by atoms with van der Waals surface area (Å²) in [6.07, 6.45) is 0.948. The van der Waals surface area contributed by atoms with Crippen LogP contribution in [-0.2, 0) is 24.3 Å². The normalized spacial score (nSPS) is 14.7. The molecule has 0 saturated heterocycles. The fourth-order valence-electron chi connectivity index (χ4n) is 2.90. The lowest BCUT2D eigenvalue weighted by Gasteiger charge is -2.23. The molecule has 0 spiro atoms. The lowest BCUT2D eigenvalue weighted by molar-refractivity contribution is -0.116. The van der Waals surface area contributed by atoms with Crippen molar-refractivity contribution in [3.63, 3.8) is 0 Å². The number of nitrogens with one attached hydrogen (secondary N) is 1. The third-order valence-electron chi connectivity index (χ3n) is 4.22. The van der Waals surface area contributed by atoms with Gasteiger partial charge in [0.1, 0.15) is 12.1 Å². The first-order valence-corrected chi connectivity index (χ1v) is 8.83. The molecule has 0 fully saturated rings. The molecule has 0 saturated carbocycles. The van der Waals surface area contributed by atoms with Crippen LogP contribution in [0, 0.1) is 0 Å². The highest BCUT2D eigenvalue weighted by Gasteiger charge is 2.20. The maximum Gasteiger partial charge on any atom is 0.247 e. The Morgan fingerprint density at radius 3 is 3.12 bits per heavy atom. The van der Waals surface area contributed by atoms with Gasteiger partial charge in [-0.05, 0) is 18.7 Å². The van der Waals surface area contributed by atoms with Crippen molar-refractivity contribution in [3.8, 4) is 0 Å². The first-order valence-electron chi connectivity index (χ1n) is 8.02. The molecule has 1 aliphatic heterocycles. The molecule has 0 radical (unpaired) electrons. The maximum atomic E-state index is 12.3. The summed E-state index contributed by atoms with van der Waals surface area (Å²) in [4.78, 5) is 20.5. The van der Waals surface area contributed by atoms with Gasteiger partial charge in [-0.2, -0.15) is 0 Å². The number of para-hydroxylation sites is 1. The quantitative estimate of drug-likeness (QED) is 0.784. The number of rotatable bonds is 4. The second kappa shape index (κ2) is 6.29. The lowest BCUT2D eigenvalue weighted by atomic mass is 10.2. The van der Waals surface area contributed by atoms with E-state index in [0.717, 1.165) is 42.8 Å². The zero-order valence-corrected chi connectivity index (χ0v) is 14.2. The average Bonchev–Trinajstić information content (AvgIpc) is 3.17. The molecule has 1 amide bonds. The number of thiazole rings is 1. The molecular weight excluding hydrogens is 324 g/mol. The van der Waals surface area contributed by atoms with Crippen molar-refractivity contribution < 1.29 is 4.79 Å². The van der Waals surface area contributed by atoms with E-state index in [4.69, 9.17) is 0 Å². The average molecular weight is 342 g/mol. The Balaban J connectivity index is 1.46. The van der Waals surface area contributed by atoms with E-state index in [2.05, 4.69) is 32.4 Å². The number of amides is 1. The molecule has 1 aliphatic rings. The van der Waals surface area contributed by atoms with Gasteiger partial charge in [-0.3, -0.25) is 9.69 Å². The molecule has 0 atom stereocenters. The van der Waals surface area contributed by atoms with Gasteiger partial charge < -0.3 is 5.32 Å². The van der Waals surface area contributed by atoms with Crippen LogP contribution < -0.4 is 5.32 Å². The summed E-state index contributed by atoms with van der Waals surface area (Å²) < 4.78 is 1.61. The molecule has 1 aromatic carbocycles. The van der Waals surface area contributed by atoms with E-state index in [-0.39, 0.29) is 12.5 Å². The van der Waals surface area contributed by atoms with Gasteiger partial charge >= 0.3 is 0 Å². The lowest BCUT2D eigenvalue weighted by Crippen LogP contribution is -2.29. The summed E-state index contributed by atoms with van der Waals surface area (Å²) in [6, 6.07) is 7.60. The molecular formula is C16H18N6OS. The second-order valence-electron chi connectivity index (χ2n) is 5.79. The highest BCUT2D eigenvalue weighted by atomic mass is 32.1. The molecule has 0 bridgehead atoms. The predicted octanol–water partition coefficient (Wildman–Crippen LogP) is 1.90. The number of nitrogens with zero attached hydrogens (tertiary/aromatic N) is 5. The first kappa shape index (κ1) is 15.2. The highest BCUT2D eigenvalue weighted by Crippen LogP contribution is 2.28. The van der Waals surface area contributed by atoms with Crippen LogP contribution in [0.3, 0.4) is 0 Å². The number of anilines is 1. The number of benzene rings is 1. The SMILES string of the molecule is CCN1CCc2nc(NC(=O)Cn3nnc4ccccc43)sc2C1. The van der Waals surface area contributed by atoms with Crippen molar-refractivity contribution in [3.05, 3.63) is 34.8 Å². The van der Waals surface area contributed by atoms with E-state index in [0.29, 0.717) is 5.13 Å². The summed E-state index contributed by atoms with van der Waals surface area (Å²) in [5.41, 5.74) is 2.76. The van der Waals surface area contributed by atoms with Gasteiger partial charge in [-0.1, -0.05) is 24.3 Å². The summed E-state index contributed by atoms with van der Waals surface area (Å²) in [6.45, 7) is 5.29. The van der Waals surface area contributed by atoms with E-state index in [9.17, 15) is 4.79 Å². The Bertz CT molecular complexity index is 886. The van der Waals surface area contributed by atoms with Crippen LogP contribution in [0.4, 0.5) is 5.13 Å². The Morgan fingerprint density at radius 2 is 2.25 bits per heavy atom. The summed E-state index contributed by atoms with van der Waals surface area (Å²) in [5.74, 6) is -0.135. The standard InChI is InChI=1S/C16H18N6OS/c1-2-21-8-7-12-14(9-21)24-16(17-12)18-15(23)10-22-13-6-4-3-5-11(13)19-20-22/h3-6H,2,7-10H2,1H3,(H,17,18,23). The fourth-order valence-corrected chi connectivity index (χ4v) is 3.97. The van der Waals surface area contributed by atoms with Gasteiger partial charge in [0, 0.05) is 24.4 Å². The van der Waals surface area contributed by atoms with E-state index >= 15 is 0 Å². The number of hydrogen-bond donors (Lipinski definition) is 1. The first-order chi connectivity index (χ1) is 11.7. The molecule has 24 heavy (non-hydrogen) atoms. The number of hydrogen-bond acceptors (Lipinski definition) is 6. The number of carbonyl (C=O) groups excluding carboxylic acids is 1. The van der Waals surface area contributed by atoms with Crippen LogP contribution in [-0.4, -0.2) is 43.9 Å². The van der Waals surface area contributed by atoms with E-state index in [1.54, 1.807) is 16.0 Å². The molecule has 3 aromatic rings. The monoisotopic (exact) mass is 342 g/mol. The van der Waals surface area contributed by atoms with Gasteiger partial charge in [-0.15, -0.1) is 16.4 Å². The second-order valence-corrected chi connectivity index (χ2v) is 6.88. The molecule has 1 N–H and O–H groups in total. The molecule has 7 nitrogen and oxygen atoms in total. The van der Waals surface area contributed by atoms with Crippen LogP contribution in [0.2, 0.25) is 0 Å². The van der Waals surface area contributed by atoms with Crippen LogP contribution in [0.25, 0.3) is 11.0 Å². The van der Waals surface area contributed by atoms with Gasteiger partial charge in [0.2, 0.25) is 5.91 Å². The minimum Gasteiger partial charge on any atom is -0.300 e. The Morgan fingerprint density at radius 1 is 1.38 bits per heavy atom. The Labute approximate surface area is 143 Å². The minimum absolute atomic E-state index is 0.131. The van der Waals surface area contributed by atoms with E-state index in [1.165, 1.54) is 4.88 Å². The summed E-state index contributed by atoms with van der Waals surface area (Å²) in [5, 5.41) is 11.7. The fraction of sp³-hybridized carbons (Fsp3) is 0.375. The van der Waals surface area contributed by atoms with E-state index in [1.807, 2.05) is 24.3 Å². The predicted molar refractivity (Wildman–Crippen MR) is 92.9 cm³/mol. The van der Waals surface area contributed by atoms with Crippen LogP contribution in [0.5, 0.6) is 0 Å². The largest absolute Gasteiger partial charge is 0.300 e. The van der Waals surface area contributed by atoms with Crippen LogP contribution in [0.1, 0.15) is 17.5 Å². The highest BCUT2D eigenvalue weighted by molar-refractivity contribution is 7.15. The van der Waals surface area contributed by atoms with Gasteiger partial charge in [0.25, 0.3) is 0 Å². The number of carbonyl (C=O) groups is 1. The van der Waals surface area contributed by atoms with Crippen LogP contribution >= 0.6 is 11.3 Å². The third-order valence-corrected chi connectivity index (χ3v) is 5.22. The summed E-state index contributed by atoms with van der Waals surface area (Å²) in [7, 11) is 0. The number of likely N-dealkylation sites (N-methyl/N-ethyl adjacent to an activating group) is 1. The van der Waals surface area contributed by atoms with Crippen molar-refractivity contribution >= 4 is 33.4 Å². The molecule has 0 aliphatic carbocycles. The van der Waals surface area contributed by atoms with Gasteiger partial charge in [-0.25, -0.2) is 9.67 Å². The Kier molecular flexibility index (Phi) is 3.99. The topological polar surface area (TPSA) is 75.9 Å². The maximum absolute atomic E-state index is 12.3. The van der Waals surface area contributed by atoms with Crippen molar-refractivity contribution in [1.82, 2.24) is 24.9 Å². The van der Waals surface area contributed by atoms with Crippen molar-refractivity contribution in [1.29, 1.82) is 0 Å². The molecule has 0 unspecified atom stereocenters. The third kappa shape index (κ3) is 2.90. The minimum atomic E-state index is -0.135. The molecule has 124 valence electrons. The smallest absolute Gasteiger partial charge is 0.247 e. The molecule has 8 heteroatoms. The van der Waals surface area contributed by atoms with Crippen molar-refractivity contribution in [2.45, 2.75) is 26.4 Å². The number of fused-ring (bicyclic) bond motifs is 2. The summed E-state index contributed by atoms with van der Waals surface area (Å²) >= 11 is 1.57. The Hall–Kier alpha value is -2.32. The van der Waals surface area contributed by atoms with Crippen LogP contribution in [0.15, 0.2) is 24.3 Å². The van der Waals surface area contributed by atoms with Crippen molar-refractivity contribution in [2.24, 2.45) is 0 Å². The van der Waals surface area contributed by atoms with E-state index < -0.39 is 0 Å². The molecule has 2 aromatic heterocycles. The zero-order valence-electron chi connectivity index (χ0n) is 13.4. The van der Waals surface area contributed by atoms with Crippen molar-refractivity contribution in [2.75, 3.05) is 18.4 Å².